The Hall–Kier alpha value is -0.255. The molecule has 0 heterocycles. The van der Waals surface area contributed by atoms with Crippen LogP contribution in [0, 0.1) is 5.92 Å². The van der Waals surface area contributed by atoms with Crippen molar-refractivity contribution in [2.75, 3.05) is 6.54 Å². The maximum atomic E-state index is 9.75. The van der Waals surface area contributed by atoms with Crippen molar-refractivity contribution in [1.29, 1.82) is 0 Å². The molecule has 0 rings (SSSR count). The van der Waals surface area contributed by atoms with Gasteiger partial charge in [0.1, 0.15) is 0 Å². The third kappa shape index (κ3) is 32.9. The summed E-state index contributed by atoms with van der Waals surface area (Å²) in [4.78, 5) is 0. The minimum absolute atomic E-state index is 0.905. The molecule has 0 amide bonds. The summed E-state index contributed by atoms with van der Waals surface area (Å²) in [6.07, 6.45) is 15.7. The van der Waals surface area contributed by atoms with E-state index in [9.17, 15) is 17.3 Å². The normalized spacial score (nSPS) is 12.7. The second-order valence-corrected chi connectivity index (χ2v) is 5.86. The second-order valence-electron chi connectivity index (χ2n) is 5.86. The summed E-state index contributed by atoms with van der Waals surface area (Å²) in [5, 5.41) is 0. The van der Waals surface area contributed by atoms with Crippen LogP contribution in [-0.2, 0) is 0 Å². The predicted molar refractivity (Wildman–Crippen MR) is 83.6 cm³/mol. The van der Waals surface area contributed by atoms with Crippen molar-refractivity contribution in [2.24, 2.45) is 5.92 Å². The lowest BCUT2D eigenvalue weighted by Gasteiger charge is -2.08. The monoisotopic (exact) mass is 315 g/mol. The number of unbranched alkanes of at least 4 members (excludes halogenated alkanes) is 8. The molecule has 1 unspecified atom stereocenters. The van der Waals surface area contributed by atoms with Crippen LogP contribution >= 0.6 is 0 Å². The number of rotatable bonds is 12. The number of quaternary nitrogens is 1. The van der Waals surface area contributed by atoms with Crippen LogP contribution in [0.1, 0.15) is 84.5 Å². The predicted octanol–water partition coefficient (Wildman–Crippen LogP) is 5.48. The SMILES string of the molecule is CCCCCCCCCCCC(C)CC[NH3+].F[B-](F)(F)F. The summed E-state index contributed by atoms with van der Waals surface area (Å²) in [5.41, 5.74) is 3.92. The van der Waals surface area contributed by atoms with E-state index in [0.29, 0.717) is 0 Å². The van der Waals surface area contributed by atoms with Gasteiger partial charge in [0.15, 0.2) is 0 Å². The number of hydrogen-bond donors (Lipinski definition) is 1. The molecule has 0 aliphatic carbocycles. The molecule has 0 spiro atoms. The highest BCUT2D eigenvalue weighted by Gasteiger charge is 2.20. The van der Waals surface area contributed by atoms with Gasteiger partial charge in [-0.25, -0.2) is 0 Å². The number of hydrogen-bond acceptors (Lipinski definition) is 0. The summed E-state index contributed by atoms with van der Waals surface area (Å²) < 4.78 is 39.0. The van der Waals surface area contributed by atoms with Gasteiger partial charge in [-0.2, -0.15) is 0 Å². The van der Waals surface area contributed by atoms with Crippen molar-refractivity contribution in [1.82, 2.24) is 0 Å². The molecule has 21 heavy (non-hydrogen) atoms. The third-order valence-corrected chi connectivity index (χ3v) is 3.50. The van der Waals surface area contributed by atoms with Crippen LogP contribution in [-0.4, -0.2) is 13.8 Å². The third-order valence-electron chi connectivity index (χ3n) is 3.50. The summed E-state index contributed by atoms with van der Waals surface area (Å²) >= 11 is 0. The van der Waals surface area contributed by atoms with Crippen molar-refractivity contribution in [3.05, 3.63) is 0 Å². The van der Waals surface area contributed by atoms with Gasteiger partial charge in [-0.1, -0.05) is 78.1 Å². The molecule has 0 aliphatic heterocycles. The van der Waals surface area contributed by atoms with E-state index in [1.54, 1.807) is 0 Å². The Morgan fingerprint density at radius 2 is 1.14 bits per heavy atom. The van der Waals surface area contributed by atoms with Crippen molar-refractivity contribution >= 4 is 7.25 Å². The number of halogens is 4. The van der Waals surface area contributed by atoms with Gasteiger partial charge >= 0.3 is 7.25 Å². The van der Waals surface area contributed by atoms with Crippen molar-refractivity contribution < 1.29 is 23.0 Å². The molecule has 0 saturated heterocycles. The van der Waals surface area contributed by atoms with E-state index >= 15 is 0 Å². The molecule has 3 N–H and O–H groups in total. The minimum atomic E-state index is -6.00. The molecule has 1 atom stereocenters. The highest BCUT2D eigenvalue weighted by molar-refractivity contribution is 6.50. The molecule has 0 aromatic heterocycles. The van der Waals surface area contributed by atoms with Crippen molar-refractivity contribution in [3.8, 4) is 0 Å². The van der Waals surface area contributed by atoms with E-state index in [2.05, 4.69) is 19.6 Å². The van der Waals surface area contributed by atoms with Crippen molar-refractivity contribution in [3.63, 3.8) is 0 Å². The van der Waals surface area contributed by atoms with E-state index in [-0.39, 0.29) is 0 Å². The largest absolute Gasteiger partial charge is 0.673 e. The van der Waals surface area contributed by atoms with Crippen LogP contribution in [0.15, 0.2) is 0 Å². The van der Waals surface area contributed by atoms with Crippen LogP contribution in [0.3, 0.4) is 0 Å². The van der Waals surface area contributed by atoms with Gasteiger partial charge in [-0.05, 0) is 12.3 Å². The molecule has 0 radical (unpaired) electrons. The molecular formula is C15H34BF4N. The fourth-order valence-corrected chi connectivity index (χ4v) is 2.30. The molecule has 6 heteroatoms. The zero-order chi connectivity index (χ0) is 16.6. The molecule has 0 aromatic rings. The Morgan fingerprint density at radius 1 is 0.762 bits per heavy atom. The fourth-order valence-electron chi connectivity index (χ4n) is 2.30. The highest BCUT2D eigenvalue weighted by Crippen LogP contribution is 2.14. The Kier molecular flexibility index (Phi) is 17.7. The fraction of sp³-hybridized carbons (Fsp3) is 1.00. The average Bonchev–Trinajstić information content (AvgIpc) is 2.35. The minimum Gasteiger partial charge on any atom is -0.418 e. The first kappa shape index (κ1) is 23.0. The van der Waals surface area contributed by atoms with Crippen LogP contribution in [0.2, 0.25) is 0 Å². The van der Waals surface area contributed by atoms with E-state index in [4.69, 9.17) is 0 Å². The Bertz CT molecular complexity index is 195. The summed E-state index contributed by atoms with van der Waals surface area (Å²) in [6, 6.07) is 0. The van der Waals surface area contributed by atoms with Gasteiger partial charge in [0.2, 0.25) is 0 Å². The van der Waals surface area contributed by atoms with Gasteiger partial charge < -0.3 is 23.0 Å². The molecule has 0 aliphatic rings. The van der Waals surface area contributed by atoms with Gasteiger partial charge in [-0.15, -0.1) is 0 Å². The van der Waals surface area contributed by atoms with E-state index < -0.39 is 7.25 Å². The van der Waals surface area contributed by atoms with Gasteiger partial charge in [0, 0.05) is 0 Å². The van der Waals surface area contributed by atoms with Crippen LogP contribution < -0.4 is 5.73 Å². The van der Waals surface area contributed by atoms with E-state index in [0.717, 1.165) is 12.5 Å². The Morgan fingerprint density at radius 3 is 1.52 bits per heavy atom. The average molecular weight is 315 g/mol. The molecule has 0 aromatic carbocycles. The first-order valence-corrected chi connectivity index (χ1v) is 8.47. The highest BCUT2D eigenvalue weighted by atomic mass is 19.5. The molecule has 130 valence electrons. The van der Waals surface area contributed by atoms with Gasteiger partial charge in [-0.3, -0.25) is 0 Å². The first-order valence-electron chi connectivity index (χ1n) is 8.47. The van der Waals surface area contributed by atoms with Crippen LogP contribution in [0.5, 0.6) is 0 Å². The maximum absolute atomic E-state index is 9.75. The van der Waals surface area contributed by atoms with Gasteiger partial charge in [0.25, 0.3) is 0 Å². The Labute approximate surface area is 128 Å². The molecule has 0 bridgehead atoms. The van der Waals surface area contributed by atoms with E-state index in [1.807, 2.05) is 0 Å². The zero-order valence-electron chi connectivity index (χ0n) is 13.9. The topological polar surface area (TPSA) is 27.6 Å². The van der Waals surface area contributed by atoms with E-state index in [1.165, 1.54) is 70.6 Å². The summed E-state index contributed by atoms with van der Waals surface area (Å²) in [7, 11) is -6.00. The lowest BCUT2D eigenvalue weighted by Crippen LogP contribution is -2.50. The molecular weight excluding hydrogens is 281 g/mol. The van der Waals surface area contributed by atoms with Gasteiger partial charge in [0.05, 0.1) is 6.54 Å². The molecule has 1 nitrogen and oxygen atoms in total. The smallest absolute Gasteiger partial charge is 0.418 e. The molecule has 0 fully saturated rings. The maximum Gasteiger partial charge on any atom is 0.673 e. The standard InChI is InChI=1S/C15H33N.BF4/c1-3-4-5-6-7-8-9-10-11-12-15(2)13-14-16;2-1(3,4)5/h15H,3-14,16H2,1-2H3;/q;-1/p+1. The second kappa shape index (κ2) is 16.1. The molecule has 0 saturated carbocycles. The zero-order valence-corrected chi connectivity index (χ0v) is 13.9. The van der Waals surface area contributed by atoms with Crippen molar-refractivity contribution in [2.45, 2.75) is 84.5 Å². The van der Waals surface area contributed by atoms with Crippen LogP contribution in [0.4, 0.5) is 17.3 Å². The quantitative estimate of drug-likeness (QED) is 0.281. The lowest BCUT2D eigenvalue weighted by atomic mass is 9.99. The summed E-state index contributed by atoms with van der Waals surface area (Å²) in [6.45, 7) is 5.77. The lowest BCUT2D eigenvalue weighted by molar-refractivity contribution is -0.370. The van der Waals surface area contributed by atoms with Crippen LogP contribution in [0.25, 0.3) is 0 Å². The first-order chi connectivity index (χ1) is 9.81. The Balaban J connectivity index is 0. The summed E-state index contributed by atoms with van der Waals surface area (Å²) in [5.74, 6) is 0.905.